The Balaban J connectivity index is 1.49. The van der Waals surface area contributed by atoms with Crippen molar-refractivity contribution in [3.05, 3.63) is 54.0 Å². The first-order valence-electron chi connectivity index (χ1n) is 10.2. The number of hydrogen-bond donors (Lipinski definition) is 2. The largest absolute Gasteiger partial charge is 0.495 e. The minimum absolute atomic E-state index is 0.201. The predicted octanol–water partition coefficient (Wildman–Crippen LogP) is 2.59. The summed E-state index contributed by atoms with van der Waals surface area (Å²) < 4.78 is 47.5. The number of methoxy groups -OCH3 is 1. The molecule has 1 aliphatic heterocycles. The van der Waals surface area contributed by atoms with Gasteiger partial charge >= 0.3 is 0 Å². The number of fused-ring (bicyclic) bond motifs is 1. The van der Waals surface area contributed by atoms with Gasteiger partial charge < -0.3 is 19.5 Å². The van der Waals surface area contributed by atoms with Gasteiger partial charge in [-0.05, 0) is 55.4 Å². The van der Waals surface area contributed by atoms with Gasteiger partial charge in [-0.1, -0.05) is 0 Å². The van der Waals surface area contributed by atoms with Gasteiger partial charge in [-0.15, -0.1) is 0 Å². The lowest BCUT2D eigenvalue weighted by Gasteiger charge is -2.34. The van der Waals surface area contributed by atoms with Crippen LogP contribution in [0.15, 0.2) is 47.5 Å². The van der Waals surface area contributed by atoms with Crippen LogP contribution in [-0.4, -0.2) is 65.2 Å². The molecule has 0 aliphatic carbocycles. The Morgan fingerprint density at radius 1 is 1.13 bits per heavy atom. The van der Waals surface area contributed by atoms with Crippen LogP contribution in [0, 0.1) is 5.82 Å². The highest BCUT2D eigenvalue weighted by molar-refractivity contribution is 7.89. The Bertz CT molecular complexity index is 1170. The van der Waals surface area contributed by atoms with Crippen LogP contribution in [0.3, 0.4) is 0 Å². The van der Waals surface area contributed by atoms with E-state index in [1.54, 1.807) is 37.6 Å². The molecule has 9 heteroatoms. The number of nitrogens with one attached hydrogen (secondary N) is 2. The average molecular weight is 447 g/mol. The molecule has 166 valence electrons. The molecule has 0 atom stereocenters. The number of H-pyrrole nitrogens is 1. The first kappa shape index (κ1) is 21.6. The molecule has 0 saturated carbocycles. The van der Waals surface area contributed by atoms with E-state index in [1.165, 1.54) is 12.1 Å². The smallest absolute Gasteiger partial charge is 0.240 e. The van der Waals surface area contributed by atoms with Crippen LogP contribution >= 0.6 is 0 Å². The molecule has 2 N–H and O–H groups in total. The first-order chi connectivity index (χ1) is 14.9. The lowest BCUT2D eigenvalue weighted by atomic mass is 10.1. The first-order valence-corrected chi connectivity index (χ1v) is 11.7. The van der Waals surface area contributed by atoms with Crippen LogP contribution in [0.2, 0.25) is 0 Å². The SMILES string of the molecule is COc1ccc(S(=O)(=O)NCCc2c[nH]c3ccc(F)cc23)cc1N1CCN(C)CC1. The Morgan fingerprint density at radius 3 is 2.65 bits per heavy atom. The summed E-state index contributed by atoms with van der Waals surface area (Å²) in [6.45, 7) is 3.64. The number of nitrogens with zero attached hydrogens (tertiary/aromatic N) is 2. The van der Waals surface area contributed by atoms with Crippen LogP contribution in [0.4, 0.5) is 10.1 Å². The Kier molecular flexibility index (Phi) is 6.17. The van der Waals surface area contributed by atoms with E-state index in [0.29, 0.717) is 12.2 Å². The molecule has 1 saturated heterocycles. The standard InChI is InChI=1S/C22H27FN4O3S/c1-26-9-11-27(12-10-26)21-14-18(4-6-22(21)30-2)31(28,29)25-8-7-16-15-24-20-5-3-17(23)13-19(16)20/h3-6,13-15,24-25H,7-12H2,1-2H3. The molecule has 1 aliphatic rings. The van der Waals surface area contributed by atoms with Crippen molar-refractivity contribution < 1.29 is 17.5 Å². The zero-order valence-corrected chi connectivity index (χ0v) is 18.5. The third kappa shape index (κ3) is 4.68. The lowest BCUT2D eigenvalue weighted by Crippen LogP contribution is -2.44. The van der Waals surface area contributed by atoms with Crippen molar-refractivity contribution in [2.75, 3.05) is 51.8 Å². The Labute approximate surface area is 181 Å². The third-order valence-corrected chi connectivity index (χ3v) is 7.18. The minimum Gasteiger partial charge on any atom is -0.495 e. The number of likely N-dealkylation sites (N-methyl/N-ethyl adjacent to an activating group) is 1. The molecule has 4 rings (SSSR count). The number of ether oxygens (including phenoxy) is 1. The zero-order valence-electron chi connectivity index (χ0n) is 17.7. The molecule has 2 heterocycles. The maximum atomic E-state index is 13.6. The van der Waals surface area contributed by atoms with Gasteiger partial charge in [0.15, 0.2) is 0 Å². The molecule has 0 bridgehead atoms. The van der Waals surface area contributed by atoms with E-state index < -0.39 is 10.0 Å². The van der Waals surface area contributed by atoms with Gasteiger partial charge in [0.25, 0.3) is 0 Å². The van der Waals surface area contributed by atoms with Crippen LogP contribution in [0.5, 0.6) is 5.75 Å². The summed E-state index contributed by atoms with van der Waals surface area (Å²) in [5, 5.41) is 0.765. The highest BCUT2D eigenvalue weighted by Gasteiger charge is 2.22. The van der Waals surface area contributed by atoms with Gasteiger partial charge in [-0.25, -0.2) is 17.5 Å². The number of rotatable bonds is 7. The van der Waals surface area contributed by atoms with E-state index in [-0.39, 0.29) is 17.3 Å². The van der Waals surface area contributed by atoms with E-state index in [0.717, 1.165) is 48.3 Å². The van der Waals surface area contributed by atoms with Crippen molar-refractivity contribution in [3.63, 3.8) is 0 Å². The Morgan fingerprint density at radius 2 is 1.90 bits per heavy atom. The number of aromatic nitrogens is 1. The normalized spacial score (nSPS) is 15.5. The van der Waals surface area contributed by atoms with Crippen molar-refractivity contribution in [2.24, 2.45) is 0 Å². The fourth-order valence-electron chi connectivity index (χ4n) is 3.89. The molecular weight excluding hydrogens is 419 g/mol. The summed E-state index contributed by atoms with van der Waals surface area (Å²) in [6, 6.07) is 9.46. The number of hydrogen-bond acceptors (Lipinski definition) is 5. The summed E-state index contributed by atoms with van der Waals surface area (Å²) >= 11 is 0. The van der Waals surface area contributed by atoms with E-state index in [2.05, 4.69) is 26.6 Å². The van der Waals surface area contributed by atoms with E-state index in [9.17, 15) is 12.8 Å². The van der Waals surface area contributed by atoms with Crippen LogP contribution in [-0.2, 0) is 16.4 Å². The van der Waals surface area contributed by atoms with Crippen LogP contribution in [0.1, 0.15) is 5.56 Å². The van der Waals surface area contributed by atoms with E-state index in [1.807, 2.05) is 0 Å². The summed E-state index contributed by atoms with van der Waals surface area (Å²) in [7, 11) is -0.0392. The van der Waals surface area contributed by atoms with Gasteiger partial charge in [0, 0.05) is 49.8 Å². The molecule has 0 unspecified atom stereocenters. The van der Waals surface area contributed by atoms with E-state index >= 15 is 0 Å². The fraction of sp³-hybridized carbons (Fsp3) is 0.364. The van der Waals surface area contributed by atoms with Gasteiger partial charge in [0.2, 0.25) is 10.0 Å². The average Bonchev–Trinajstić information content (AvgIpc) is 3.16. The topological polar surface area (TPSA) is 77.7 Å². The van der Waals surface area contributed by atoms with Gasteiger partial charge in [-0.2, -0.15) is 0 Å². The molecule has 0 spiro atoms. The lowest BCUT2D eigenvalue weighted by molar-refractivity contribution is 0.311. The van der Waals surface area contributed by atoms with Gasteiger partial charge in [0.05, 0.1) is 17.7 Å². The van der Waals surface area contributed by atoms with E-state index in [4.69, 9.17) is 4.74 Å². The van der Waals surface area contributed by atoms with Gasteiger partial charge in [0.1, 0.15) is 11.6 Å². The molecular formula is C22H27FN4O3S. The highest BCUT2D eigenvalue weighted by atomic mass is 32.2. The number of benzene rings is 2. The third-order valence-electron chi connectivity index (χ3n) is 5.72. The minimum atomic E-state index is -3.70. The number of halogens is 1. The number of anilines is 1. The number of sulfonamides is 1. The van der Waals surface area contributed by atoms with Crippen molar-refractivity contribution in [1.82, 2.24) is 14.6 Å². The van der Waals surface area contributed by atoms with Crippen molar-refractivity contribution in [2.45, 2.75) is 11.3 Å². The molecule has 0 radical (unpaired) electrons. The van der Waals surface area contributed by atoms with Crippen molar-refractivity contribution in [1.29, 1.82) is 0 Å². The van der Waals surface area contributed by atoms with Gasteiger partial charge in [-0.3, -0.25) is 0 Å². The summed E-state index contributed by atoms with van der Waals surface area (Å²) in [5.74, 6) is 0.341. The molecule has 0 amide bonds. The molecule has 1 aromatic heterocycles. The monoisotopic (exact) mass is 446 g/mol. The summed E-state index contributed by atoms with van der Waals surface area (Å²) in [5.41, 5.74) is 2.47. The molecule has 3 aromatic rings. The number of piperazine rings is 1. The highest BCUT2D eigenvalue weighted by Crippen LogP contribution is 2.31. The zero-order chi connectivity index (χ0) is 22.0. The molecule has 1 fully saturated rings. The van der Waals surface area contributed by atoms with Crippen LogP contribution < -0.4 is 14.4 Å². The second-order valence-corrected chi connectivity index (χ2v) is 9.54. The fourth-order valence-corrected chi connectivity index (χ4v) is 4.94. The summed E-state index contributed by atoms with van der Waals surface area (Å²) in [6.07, 6.45) is 2.24. The second-order valence-electron chi connectivity index (χ2n) is 7.78. The second kappa shape index (κ2) is 8.86. The molecule has 7 nitrogen and oxygen atoms in total. The van der Waals surface area contributed by atoms with Crippen molar-refractivity contribution in [3.8, 4) is 5.75 Å². The van der Waals surface area contributed by atoms with Crippen LogP contribution in [0.25, 0.3) is 10.9 Å². The van der Waals surface area contributed by atoms with Crippen molar-refractivity contribution >= 4 is 26.6 Å². The summed E-state index contributed by atoms with van der Waals surface area (Å²) in [4.78, 5) is 7.68. The molecule has 31 heavy (non-hydrogen) atoms. The maximum absolute atomic E-state index is 13.6. The Hall–Kier alpha value is -2.62. The molecule has 2 aromatic carbocycles. The number of aromatic amines is 1. The predicted molar refractivity (Wildman–Crippen MR) is 120 cm³/mol. The maximum Gasteiger partial charge on any atom is 0.240 e. The quantitative estimate of drug-likeness (QED) is 0.583.